The normalized spacial score (nSPS) is 21.5. The van der Waals surface area contributed by atoms with Gasteiger partial charge in [0.15, 0.2) is 0 Å². The van der Waals surface area contributed by atoms with Crippen molar-refractivity contribution in [2.45, 2.75) is 64.0 Å². The Labute approximate surface area is 185 Å². The Balaban J connectivity index is 1.16. The average Bonchev–Trinajstić information content (AvgIpc) is 3.39. The minimum atomic E-state index is 0.609. The third kappa shape index (κ3) is 5.06. The summed E-state index contributed by atoms with van der Waals surface area (Å²) in [5.74, 6) is 2.56. The molecule has 2 aliphatic carbocycles. The molecule has 5 rings (SSSR count). The molecule has 3 heterocycles. The van der Waals surface area contributed by atoms with Gasteiger partial charge in [0.25, 0.3) is 0 Å². The van der Waals surface area contributed by atoms with E-state index in [0.29, 0.717) is 12.0 Å². The molecule has 0 spiro atoms. The van der Waals surface area contributed by atoms with Gasteiger partial charge in [-0.3, -0.25) is 4.68 Å². The summed E-state index contributed by atoms with van der Waals surface area (Å²) >= 11 is 0. The zero-order valence-corrected chi connectivity index (χ0v) is 18.8. The summed E-state index contributed by atoms with van der Waals surface area (Å²) in [6.07, 6.45) is 18.0. The van der Waals surface area contributed by atoms with Crippen LogP contribution in [0.15, 0.2) is 36.9 Å². The Morgan fingerprint density at radius 3 is 2.52 bits per heavy atom. The molecule has 0 radical (unpaired) electrons. The molecule has 0 aliphatic heterocycles. The largest absolute Gasteiger partial charge is 0.354 e. The third-order valence-electron chi connectivity index (χ3n) is 7.03. The van der Waals surface area contributed by atoms with Crippen molar-refractivity contribution in [3.05, 3.63) is 54.0 Å². The van der Waals surface area contributed by atoms with Gasteiger partial charge < -0.3 is 9.88 Å². The molecule has 0 unspecified atom stereocenters. The second-order valence-corrected chi connectivity index (χ2v) is 9.62. The van der Waals surface area contributed by atoms with Crippen LogP contribution in [0.4, 0.5) is 0 Å². The third-order valence-corrected chi connectivity index (χ3v) is 7.03. The van der Waals surface area contributed by atoms with Crippen LogP contribution in [0.1, 0.15) is 55.6 Å². The Morgan fingerprint density at radius 1 is 1.00 bits per heavy atom. The minimum absolute atomic E-state index is 0.609. The van der Waals surface area contributed by atoms with E-state index in [1.807, 2.05) is 24.1 Å². The van der Waals surface area contributed by atoms with Gasteiger partial charge in [0.1, 0.15) is 5.82 Å². The van der Waals surface area contributed by atoms with Gasteiger partial charge in [-0.15, -0.1) is 0 Å². The zero-order chi connectivity index (χ0) is 21.2. The summed E-state index contributed by atoms with van der Waals surface area (Å²) in [4.78, 5) is 9.61. The number of nitrogens with zero attached hydrogens (tertiary/aromatic N) is 5. The maximum atomic E-state index is 4.99. The topological polar surface area (TPSA) is 60.6 Å². The maximum Gasteiger partial charge on any atom is 0.129 e. The standard InChI is InChI=1S/C25H34N6/c1-30-12-10-22(24(30)13-18-3-4-18)23-9-11-26-25(29-23)14-19-5-7-21(8-6-19)27-15-20-16-28-31(2)17-20/h9-12,16-19,21,27H,3-8,13-15H2,1-2H3. The van der Waals surface area contributed by atoms with E-state index in [1.54, 1.807) is 0 Å². The molecular weight excluding hydrogens is 384 g/mol. The van der Waals surface area contributed by atoms with Crippen LogP contribution in [0, 0.1) is 11.8 Å². The minimum Gasteiger partial charge on any atom is -0.354 e. The van der Waals surface area contributed by atoms with Crippen LogP contribution in [0.3, 0.4) is 0 Å². The first-order chi connectivity index (χ1) is 15.1. The van der Waals surface area contributed by atoms with Crippen molar-refractivity contribution >= 4 is 0 Å². The lowest BCUT2D eigenvalue weighted by molar-refractivity contribution is 0.286. The van der Waals surface area contributed by atoms with Gasteiger partial charge in [-0.05, 0) is 68.9 Å². The first-order valence-electron chi connectivity index (χ1n) is 11.8. The van der Waals surface area contributed by atoms with Crippen LogP contribution in [-0.4, -0.2) is 30.4 Å². The first kappa shape index (κ1) is 20.4. The predicted molar refractivity (Wildman–Crippen MR) is 122 cm³/mol. The SMILES string of the molecule is Cn1cc(CNC2CCC(Cc3nccc(-c4ccn(C)c4CC4CC4)n3)CC2)cn1. The van der Waals surface area contributed by atoms with E-state index in [2.05, 4.69) is 51.5 Å². The van der Waals surface area contributed by atoms with Crippen molar-refractivity contribution in [1.29, 1.82) is 0 Å². The van der Waals surface area contributed by atoms with Crippen LogP contribution in [-0.2, 0) is 33.5 Å². The molecule has 3 aromatic rings. The highest BCUT2D eigenvalue weighted by Crippen LogP contribution is 2.36. The highest BCUT2D eigenvalue weighted by atomic mass is 15.2. The van der Waals surface area contributed by atoms with E-state index in [0.717, 1.165) is 30.4 Å². The van der Waals surface area contributed by atoms with Crippen LogP contribution >= 0.6 is 0 Å². The van der Waals surface area contributed by atoms with Gasteiger partial charge in [0.05, 0.1) is 11.9 Å². The van der Waals surface area contributed by atoms with E-state index >= 15 is 0 Å². The molecule has 0 saturated heterocycles. The van der Waals surface area contributed by atoms with Crippen LogP contribution in [0.25, 0.3) is 11.3 Å². The quantitative estimate of drug-likeness (QED) is 0.599. The van der Waals surface area contributed by atoms with E-state index in [-0.39, 0.29) is 0 Å². The molecule has 2 aliphatic rings. The fourth-order valence-electron chi connectivity index (χ4n) is 4.95. The number of aromatic nitrogens is 5. The highest BCUT2D eigenvalue weighted by Gasteiger charge is 2.25. The second-order valence-electron chi connectivity index (χ2n) is 9.62. The number of hydrogen-bond acceptors (Lipinski definition) is 4. The summed E-state index contributed by atoms with van der Waals surface area (Å²) in [6, 6.07) is 4.91. The maximum absolute atomic E-state index is 4.99. The van der Waals surface area contributed by atoms with Gasteiger partial charge in [0, 0.05) is 68.5 Å². The smallest absolute Gasteiger partial charge is 0.129 e. The van der Waals surface area contributed by atoms with Crippen molar-refractivity contribution in [2.75, 3.05) is 0 Å². The zero-order valence-electron chi connectivity index (χ0n) is 18.8. The second kappa shape index (κ2) is 8.95. The van der Waals surface area contributed by atoms with Crippen LogP contribution in [0.5, 0.6) is 0 Å². The number of nitrogens with one attached hydrogen (secondary N) is 1. The van der Waals surface area contributed by atoms with Crippen molar-refractivity contribution in [1.82, 2.24) is 29.6 Å². The van der Waals surface area contributed by atoms with Crippen molar-refractivity contribution in [3.63, 3.8) is 0 Å². The monoisotopic (exact) mass is 418 g/mol. The fourth-order valence-corrected chi connectivity index (χ4v) is 4.95. The number of aryl methyl sites for hydroxylation is 2. The molecule has 6 nitrogen and oxygen atoms in total. The Morgan fingerprint density at radius 2 is 1.77 bits per heavy atom. The molecule has 1 N–H and O–H groups in total. The molecule has 0 atom stereocenters. The van der Waals surface area contributed by atoms with Gasteiger partial charge in [-0.1, -0.05) is 0 Å². The summed E-state index contributed by atoms with van der Waals surface area (Å²) < 4.78 is 4.14. The first-order valence-corrected chi connectivity index (χ1v) is 11.8. The lowest BCUT2D eigenvalue weighted by Gasteiger charge is -2.28. The molecule has 3 aromatic heterocycles. The van der Waals surface area contributed by atoms with Gasteiger partial charge >= 0.3 is 0 Å². The summed E-state index contributed by atoms with van der Waals surface area (Å²) in [5.41, 5.74) is 5.07. The lowest BCUT2D eigenvalue weighted by Crippen LogP contribution is -2.33. The van der Waals surface area contributed by atoms with Crippen LogP contribution < -0.4 is 5.32 Å². The lowest BCUT2D eigenvalue weighted by atomic mass is 9.84. The molecule has 164 valence electrons. The highest BCUT2D eigenvalue weighted by molar-refractivity contribution is 5.62. The molecule has 6 heteroatoms. The summed E-state index contributed by atoms with van der Waals surface area (Å²) in [6.45, 7) is 0.911. The molecule has 31 heavy (non-hydrogen) atoms. The van der Waals surface area contributed by atoms with Gasteiger partial charge in [0.2, 0.25) is 0 Å². The molecular formula is C25H34N6. The molecule has 2 saturated carbocycles. The van der Waals surface area contributed by atoms with E-state index in [1.165, 1.54) is 61.8 Å². The summed E-state index contributed by atoms with van der Waals surface area (Å²) in [7, 11) is 4.13. The molecule has 0 aromatic carbocycles. The van der Waals surface area contributed by atoms with Crippen molar-refractivity contribution in [3.8, 4) is 11.3 Å². The van der Waals surface area contributed by atoms with E-state index in [4.69, 9.17) is 4.98 Å². The van der Waals surface area contributed by atoms with Crippen molar-refractivity contribution in [2.24, 2.45) is 25.9 Å². The Hall–Kier alpha value is -2.47. The molecule has 0 bridgehead atoms. The predicted octanol–water partition coefficient (Wildman–Crippen LogP) is 4.06. The van der Waals surface area contributed by atoms with Crippen molar-refractivity contribution < 1.29 is 0 Å². The molecule has 2 fully saturated rings. The number of hydrogen-bond donors (Lipinski definition) is 1. The number of rotatable bonds is 8. The van der Waals surface area contributed by atoms with E-state index in [9.17, 15) is 0 Å². The van der Waals surface area contributed by atoms with Gasteiger partial charge in [-0.2, -0.15) is 5.10 Å². The summed E-state index contributed by atoms with van der Waals surface area (Å²) in [5, 5.41) is 7.96. The average molecular weight is 419 g/mol. The van der Waals surface area contributed by atoms with E-state index < -0.39 is 0 Å². The van der Waals surface area contributed by atoms with Gasteiger partial charge in [-0.25, -0.2) is 9.97 Å². The Kier molecular flexibility index (Phi) is 5.90. The Bertz CT molecular complexity index is 1010. The van der Waals surface area contributed by atoms with Crippen LogP contribution in [0.2, 0.25) is 0 Å². The fraction of sp³-hybridized carbons (Fsp3) is 0.560. The molecule has 0 amide bonds.